The summed E-state index contributed by atoms with van der Waals surface area (Å²) in [7, 11) is 0.790. The van der Waals surface area contributed by atoms with Gasteiger partial charge in [-0.15, -0.1) is 0 Å². The van der Waals surface area contributed by atoms with Crippen LogP contribution in [0, 0.1) is 29.1 Å². The summed E-state index contributed by atoms with van der Waals surface area (Å²) in [5.41, 5.74) is 9.11. The Hall–Kier alpha value is -4.61. The number of nitrogens with one attached hydrogen (secondary N) is 2. The van der Waals surface area contributed by atoms with Crippen LogP contribution in [0.25, 0.3) is 11.1 Å². The van der Waals surface area contributed by atoms with Gasteiger partial charge in [-0.2, -0.15) is 0 Å². The first kappa shape index (κ1) is 57.3. The van der Waals surface area contributed by atoms with Gasteiger partial charge < -0.3 is 40.8 Å². The highest BCUT2D eigenvalue weighted by Crippen LogP contribution is 2.66. The summed E-state index contributed by atoms with van der Waals surface area (Å²) in [6, 6.07) is 12.1. The first-order valence-electron chi connectivity index (χ1n) is 26.0. The van der Waals surface area contributed by atoms with Crippen LogP contribution in [0.15, 0.2) is 48.5 Å². The number of aryl methyl sites for hydroxylation is 1. The van der Waals surface area contributed by atoms with Crippen molar-refractivity contribution in [2.75, 3.05) is 20.2 Å². The quantitative estimate of drug-likeness (QED) is 0.0347. The average molecular weight is 985 g/mol. The highest BCUT2D eigenvalue weighted by molar-refractivity contribution is 6.47. The molecule has 15 nitrogen and oxygen atoms in total. The van der Waals surface area contributed by atoms with E-state index in [2.05, 4.69) is 50.5 Å². The van der Waals surface area contributed by atoms with Crippen molar-refractivity contribution in [3.63, 3.8) is 0 Å². The molecule has 0 radical (unpaired) electrons. The van der Waals surface area contributed by atoms with Gasteiger partial charge >= 0.3 is 7.12 Å². The van der Waals surface area contributed by atoms with Crippen LogP contribution < -0.4 is 16.4 Å². The number of hydrogen-bond donors (Lipinski definition) is 5. The molecule has 6 N–H and O–H groups in total. The third-order valence-corrected chi connectivity index (χ3v) is 15.9. The van der Waals surface area contributed by atoms with Crippen molar-refractivity contribution in [2.24, 2.45) is 34.8 Å². The van der Waals surface area contributed by atoms with Crippen molar-refractivity contribution in [2.45, 2.75) is 181 Å². The highest BCUT2D eigenvalue weighted by Gasteiger charge is 2.68. The smallest absolute Gasteiger partial charge is 0.405 e. The van der Waals surface area contributed by atoms with Crippen LogP contribution in [-0.4, -0.2) is 119 Å². The number of ketones is 4. The lowest BCUT2D eigenvalue weighted by Gasteiger charge is -2.64. The molecule has 0 spiro atoms. The van der Waals surface area contributed by atoms with Gasteiger partial charge in [0.1, 0.15) is 6.04 Å². The van der Waals surface area contributed by atoms with Gasteiger partial charge in [-0.05, 0) is 112 Å². The van der Waals surface area contributed by atoms with Crippen molar-refractivity contribution < 1.29 is 53.1 Å². The lowest BCUT2D eigenvalue weighted by Crippen LogP contribution is -2.65. The second-order valence-corrected chi connectivity index (χ2v) is 21.7. The third-order valence-electron chi connectivity index (χ3n) is 15.9. The van der Waals surface area contributed by atoms with Crippen LogP contribution in [-0.2, 0) is 44.5 Å². The Morgan fingerprint density at radius 1 is 0.817 bits per heavy atom. The zero-order chi connectivity index (χ0) is 52.4. The minimum atomic E-state index is -1.33. The number of rotatable bonds is 29. The standard InChI is InChI=1S/C55H81BN4O11/c1-10-11-14-37-16-18-38(19-17-37)39-20-22-40(23-21-39)45(64)29-41(32-61)53(69)58-35(4)44(63)24-25-50(67)60(9)51(36(5)62)47(66)27-33(2)52(68)59-43(15-12-13-26-57)46(65)28-34(3)56-70-49-31-42-30-48(54(42,6)7)55(49,8)71-56/h16-23,33-36,41-43,48-49,51,61-62H,10-15,24-32,57H2,1-9H3,(H,58,69)(H,59,68)/t33-,34-,35-,36?,41-,42+,43+,48+,49?,51+,55+/m1/s1. The van der Waals surface area contributed by atoms with E-state index in [1.54, 1.807) is 19.1 Å². The van der Waals surface area contributed by atoms with Crippen LogP contribution >= 0.6 is 0 Å². The molecular weight excluding hydrogens is 903 g/mol. The fraction of sp³-hybridized carbons (Fsp3) is 0.655. The second kappa shape index (κ2) is 25.4. The monoisotopic (exact) mass is 985 g/mol. The molecule has 71 heavy (non-hydrogen) atoms. The van der Waals surface area contributed by atoms with E-state index >= 15 is 0 Å². The maximum Gasteiger partial charge on any atom is 0.461 e. The minimum Gasteiger partial charge on any atom is -0.405 e. The number of hydrogen-bond acceptors (Lipinski definition) is 12. The number of nitrogens with two attached hydrogens (primary N) is 1. The Bertz CT molecular complexity index is 2180. The molecule has 3 aliphatic carbocycles. The Balaban J connectivity index is 1.08. The molecule has 11 atom stereocenters. The summed E-state index contributed by atoms with van der Waals surface area (Å²) >= 11 is 0. The van der Waals surface area contributed by atoms with Gasteiger partial charge in [0.05, 0.1) is 42.4 Å². The van der Waals surface area contributed by atoms with Crippen LogP contribution in [0.5, 0.6) is 0 Å². The molecule has 3 saturated carbocycles. The molecule has 390 valence electrons. The zero-order valence-corrected chi connectivity index (χ0v) is 43.7. The number of nitrogens with zero attached hydrogens (tertiary/aromatic N) is 1. The van der Waals surface area contributed by atoms with Crippen molar-refractivity contribution >= 4 is 48.0 Å². The second-order valence-electron chi connectivity index (χ2n) is 21.7. The number of aliphatic hydroxyl groups excluding tert-OH is 2. The number of carbonyl (C=O) groups is 7. The molecule has 2 aromatic carbocycles. The van der Waals surface area contributed by atoms with Gasteiger partial charge in [0.15, 0.2) is 23.1 Å². The summed E-state index contributed by atoms with van der Waals surface area (Å²) in [6.45, 7) is 14.9. The summed E-state index contributed by atoms with van der Waals surface area (Å²) in [4.78, 5) is 95.1. The molecule has 6 rings (SSSR count). The number of likely N-dealkylation sites (N-methyl/N-ethyl adjacent to an activating group) is 1. The van der Waals surface area contributed by atoms with E-state index in [9.17, 15) is 43.8 Å². The number of amides is 3. The maximum absolute atomic E-state index is 13.9. The minimum absolute atomic E-state index is 0.0251. The molecule has 1 aliphatic heterocycles. The predicted octanol–water partition coefficient (Wildman–Crippen LogP) is 6.23. The largest absolute Gasteiger partial charge is 0.461 e. The molecule has 0 aromatic heterocycles. The summed E-state index contributed by atoms with van der Waals surface area (Å²) in [5, 5.41) is 26.2. The lowest BCUT2D eigenvalue weighted by molar-refractivity contribution is -0.199. The number of benzene rings is 2. The molecule has 2 unspecified atom stereocenters. The summed E-state index contributed by atoms with van der Waals surface area (Å²) in [6.07, 6.45) is 4.42. The number of carbonyl (C=O) groups excluding carboxylic acids is 7. The van der Waals surface area contributed by atoms with E-state index in [1.165, 1.54) is 26.5 Å². The number of Topliss-reactive ketones (excluding diaryl/α,β-unsaturated/α-hetero) is 4. The van der Waals surface area contributed by atoms with Crippen LogP contribution in [0.3, 0.4) is 0 Å². The predicted molar refractivity (Wildman–Crippen MR) is 273 cm³/mol. The van der Waals surface area contributed by atoms with E-state index in [1.807, 2.05) is 31.2 Å². The Kier molecular flexibility index (Phi) is 20.5. The van der Waals surface area contributed by atoms with Crippen molar-refractivity contribution in [3.05, 3.63) is 59.7 Å². The van der Waals surface area contributed by atoms with E-state index < -0.39 is 84.7 Å². The van der Waals surface area contributed by atoms with E-state index in [0.29, 0.717) is 43.2 Å². The van der Waals surface area contributed by atoms with Crippen LogP contribution in [0.1, 0.15) is 148 Å². The fourth-order valence-electron chi connectivity index (χ4n) is 11.0. The van der Waals surface area contributed by atoms with Crippen LogP contribution in [0.4, 0.5) is 0 Å². The molecule has 16 heteroatoms. The van der Waals surface area contributed by atoms with Crippen molar-refractivity contribution in [3.8, 4) is 11.1 Å². The average Bonchev–Trinajstić information content (AvgIpc) is 3.71. The third kappa shape index (κ3) is 14.1. The summed E-state index contributed by atoms with van der Waals surface area (Å²) < 4.78 is 13.0. The number of aliphatic hydroxyl groups is 2. The van der Waals surface area contributed by atoms with Crippen LogP contribution in [0.2, 0.25) is 5.82 Å². The SMILES string of the molecule is CCCCc1ccc(-c2ccc(C(=O)C[C@H](CO)C(=O)N[C@H](C)C(=O)CCC(=O)N(C)[C@H](C(=O)C[C@@H](C)C(=O)N[C@@H](CCCCN)C(=O)C[C@@H](C)B3OC4C[C@@H]5C[C@@H](C5(C)C)[C@]4(C)O3)C(C)O)cc2)cc1. The molecule has 3 amide bonds. The van der Waals surface area contributed by atoms with Gasteiger partial charge in [-0.25, -0.2) is 0 Å². The zero-order valence-electron chi connectivity index (χ0n) is 43.7. The molecule has 2 aromatic rings. The van der Waals surface area contributed by atoms with Gasteiger partial charge in [0.2, 0.25) is 17.7 Å². The van der Waals surface area contributed by atoms with Crippen molar-refractivity contribution in [1.29, 1.82) is 0 Å². The van der Waals surface area contributed by atoms with Gasteiger partial charge in [0, 0.05) is 50.6 Å². The molecule has 1 saturated heterocycles. The molecule has 2 bridgehead atoms. The Morgan fingerprint density at radius 3 is 2.06 bits per heavy atom. The molecule has 4 fully saturated rings. The van der Waals surface area contributed by atoms with Crippen molar-refractivity contribution in [1.82, 2.24) is 15.5 Å². The van der Waals surface area contributed by atoms with Gasteiger partial charge in [-0.3, -0.25) is 33.6 Å². The molecule has 4 aliphatic rings. The lowest BCUT2D eigenvalue weighted by atomic mass is 9.43. The highest BCUT2D eigenvalue weighted by atomic mass is 16.7. The first-order chi connectivity index (χ1) is 33.5. The molecule has 1 heterocycles. The van der Waals surface area contributed by atoms with E-state index in [-0.39, 0.29) is 61.0 Å². The number of unbranched alkanes of at least 4 members (excludes halogenated alkanes) is 2. The van der Waals surface area contributed by atoms with E-state index in [0.717, 1.165) is 48.1 Å². The Morgan fingerprint density at radius 2 is 1.46 bits per heavy atom. The maximum atomic E-state index is 13.9. The molecular formula is C55H81BN4O11. The fourth-order valence-corrected chi connectivity index (χ4v) is 11.0. The summed E-state index contributed by atoms with van der Waals surface area (Å²) in [5.74, 6) is -4.76. The van der Waals surface area contributed by atoms with Gasteiger partial charge in [0.25, 0.3) is 0 Å². The topological polar surface area (TPSA) is 232 Å². The van der Waals surface area contributed by atoms with E-state index in [4.69, 9.17) is 15.0 Å². The normalized spacial score (nSPS) is 22.9. The van der Waals surface area contributed by atoms with Gasteiger partial charge in [-0.1, -0.05) is 89.6 Å². The first-order valence-corrected chi connectivity index (χ1v) is 26.0. The Labute approximate surface area is 421 Å².